The normalized spacial score (nSPS) is 24.1. The average Bonchev–Trinajstić information content (AvgIpc) is 2.67. The maximum absolute atomic E-state index is 12.9. The van der Waals surface area contributed by atoms with Gasteiger partial charge in [-0.3, -0.25) is 9.69 Å². The van der Waals surface area contributed by atoms with Crippen LogP contribution in [0.1, 0.15) is 39.5 Å². The maximum Gasteiger partial charge on any atom is 0.242 e. The standard InChI is InChI=1S/C20H29Cl2N3O3S/c1-14(2)24-9-11-25(12-10-24)20(26)15-3-6-17(7-4-15)23-29(27,28)19-8-5-16(21)13-18(19)22/h5,8,13-15,17,23H,3-4,6-7,9-12H2,1-2H3. The predicted octanol–water partition coefficient (Wildman–Crippen LogP) is 3.38. The maximum atomic E-state index is 12.9. The van der Waals surface area contributed by atoms with Crippen molar-refractivity contribution in [3.05, 3.63) is 28.2 Å². The lowest BCUT2D eigenvalue weighted by Crippen LogP contribution is -2.52. The van der Waals surface area contributed by atoms with E-state index in [1.54, 1.807) is 0 Å². The van der Waals surface area contributed by atoms with Gasteiger partial charge in [-0.15, -0.1) is 0 Å². The number of hydrogen-bond donors (Lipinski definition) is 1. The van der Waals surface area contributed by atoms with Crippen molar-refractivity contribution in [2.24, 2.45) is 5.92 Å². The molecule has 0 spiro atoms. The molecule has 6 nitrogen and oxygen atoms in total. The summed E-state index contributed by atoms with van der Waals surface area (Å²) in [5, 5.41) is 0.497. The number of nitrogens with zero attached hydrogens (tertiary/aromatic N) is 2. The molecule has 0 aromatic heterocycles. The lowest BCUT2D eigenvalue weighted by atomic mass is 9.85. The van der Waals surface area contributed by atoms with Crippen LogP contribution in [0.3, 0.4) is 0 Å². The Morgan fingerprint density at radius 3 is 2.24 bits per heavy atom. The van der Waals surface area contributed by atoms with E-state index >= 15 is 0 Å². The first-order valence-corrected chi connectivity index (χ1v) is 12.4. The molecule has 1 aliphatic carbocycles. The minimum atomic E-state index is -3.72. The van der Waals surface area contributed by atoms with Crippen molar-refractivity contribution >= 4 is 39.1 Å². The molecule has 0 radical (unpaired) electrons. The summed E-state index contributed by atoms with van der Waals surface area (Å²) in [6.07, 6.45) is 2.69. The van der Waals surface area contributed by atoms with Gasteiger partial charge in [-0.1, -0.05) is 23.2 Å². The van der Waals surface area contributed by atoms with Crippen LogP contribution in [0.5, 0.6) is 0 Å². The minimum Gasteiger partial charge on any atom is -0.340 e. The first-order valence-electron chi connectivity index (χ1n) is 10.2. The molecule has 9 heteroatoms. The Morgan fingerprint density at radius 2 is 1.69 bits per heavy atom. The Morgan fingerprint density at radius 1 is 1.07 bits per heavy atom. The van der Waals surface area contributed by atoms with E-state index in [1.165, 1.54) is 18.2 Å². The number of hydrogen-bond acceptors (Lipinski definition) is 4. The summed E-state index contributed by atoms with van der Waals surface area (Å²) in [4.78, 5) is 17.3. The van der Waals surface area contributed by atoms with Gasteiger partial charge < -0.3 is 4.90 Å². The van der Waals surface area contributed by atoms with Gasteiger partial charge in [0.05, 0.1) is 5.02 Å². The highest BCUT2D eigenvalue weighted by molar-refractivity contribution is 7.89. The number of piperazine rings is 1. The molecule has 1 aliphatic heterocycles. The summed E-state index contributed by atoms with van der Waals surface area (Å²) >= 11 is 11.9. The number of sulfonamides is 1. The van der Waals surface area contributed by atoms with Crippen LogP contribution in [0.25, 0.3) is 0 Å². The van der Waals surface area contributed by atoms with Crippen molar-refractivity contribution in [2.45, 2.75) is 56.5 Å². The Labute approximate surface area is 183 Å². The number of carbonyl (C=O) groups is 1. The van der Waals surface area contributed by atoms with Gasteiger partial charge in [0.2, 0.25) is 15.9 Å². The van der Waals surface area contributed by atoms with Crippen LogP contribution in [-0.2, 0) is 14.8 Å². The second-order valence-electron chi connectivity index (χ2n) is 8.20. The monoisotopic (exact) mass is 461 g/mol. The Bertz CT molecular complexity index is 831. The fourth-order valence-electron chi connectivity index (χ4n) is 4.15. The van der Waals surface area contributed by atoms with E-state index in [0.717, 1.165) is 26.2 Å². The molecule has 162 valence electrons. The van der Waals surface area contributed by atoms with Crippen LogP contribution in [-0.4, -0.2) is 62.4 Å². The van der Waals surface area contributed by atoms with Crippen LogP contribution >= 0.6 is 23.2 Å². The highest BCUT2D eigenvalue weighted by atomic mass is 35.5. The van der Waals surface area contributed by atoms with Crippen molar-refractivity contribution in [1.82, 2.24) is 14.5 Å². The fraction of sp³-hybridized carbons (Fsp3) is 0.650. The van der Waals surface area contributed by atoms with E-state index in [2.05, 4.69) is 23.5 Å². The summed E-state index contributed by atoms with van der Waals surface area (Å²) in [7, 11) is -3.72. The lowest BCUT2D eigenvalue weighted by molar-refractivity contribution is -0.138. The fourth-order valence-corrected chi connectivity index (χ4v) is 6.23. The Balaban J connectivity index is 1.52. The number of nitrogens with one attached hydrogen (secondary N) is 1. The number of rotatable bonds is 5. The molecule has 1 saturated carbocycles. The summed E-state index contributed by atoms with van der Waals surface area (Å²) in [5.74, 6) is 0.205. The second kappa shape index (κ2) is 9.52. The van der Waals surface area contributed by atoms with Crippen molar-refractivity contribution in [3.8, 4) is 0 Å². The molecule has 3 rings (SSSR count). The zero-order chi connectivity index (χ0) is 21.2. The van der Waals surface area contributed by atoms with Crippen molar-refractivity contribution < 1.29 is 13.2 Å². The summed E-state index contributed by atoms with van der Waals surface area (Å²) in [6.45, 7) is 7.74. The molecule has 0 atom stereocenters. The quantitative estimate of drug-likeness (QED) is 0.729. The van der Waals surface area contributed by atoms with Gasteiger partial charge in [0.1, 0.15) is 4.90 Å². The molecular weight excluding hydrogens is 433 g/mol. The van der Waals surface area contributed by atoms with Crippen LogP contribution in [0.4, 0.5) is 0 Å². The number of carbonyl (C=O) groups excluding carboxylic acids is 1. The SMILES string of the molecule is CC(C)N1CCN(C(=O)C2CCC(NS(=O)(=O)c3ccc(Cl)cc3Cl)CC2)CC1. The van der Waals surface area contributed by atoms with Gasteiger partial charge in [-0.2, -0.15) is 0 Å². The Kier molecular flexibility index (Phi) is 7.49. The van der Waals surface area contributed by atoms with Gasteiger partial charge in [0.15, 0.2) is 0 Å². The summed E-state index contributed by atoms with van der Waals surface area (Å²) in [6, 6.07) is 4.67. The van der Waals surface area contributed by atoms with Crippen LogP contribution in [0.2, 0.25) is 10.0 Å². The lowest BCUT2D eigenvalue weighted by Gasteiger charge is -2.39. The highest BCUT2D eigenvalue weighted by Crippen LogP contribution is 2.29. The molecule has 1 aromatic carbocycles. The van der Waals surface area contributed by atoms with Crippen LogP contribution in [0.15, 0.2) is 23.1 Å². The third kappa shape index (κ3) is 5.64. The van der Waals surface area contributed by atoms with Gasteiger partial charge in [-0.05, 0) is 57.7 Å². The minimum absolute atomic E-state index is 0.0135. The smallest absolute Gasteiger partial charge is 0.242 e. The first-order chi connectivity index (χ1) is 13.7. The van der Waals surface area contributed by atoms with Gasteiger partial charge >= 0.3 is 0 Å². The zero-order valence-corrected chi connectivity index (χ0v) is 19.2. The molecule has 2 fully saturated rings. The molecule has 29 heavy (non-hydrogen) atoms. The molecule has 1 amide bonds. The van der Waals surface area contributed by atoms with Crippen molar-refractivity contribution in [3.63, 3.8) is 0 Å². The van der Waals surface area contributed by atoms with Crippen LogP contribution in [0, 0.1) is 5.92 Å². The predicted molar refractivity (Wildman–Crippen MR) is 116 cm³/mol. The molecule has 1 N–H and O–H groups in total. The first kappa shape index (κ1) is 22.8. The molecular formula is C20H29Cl2N3O3S. The third-order valence-electron chi connectivity index (χ3n) is 5.94. The molecule has 0 bridgehead atoms. The van der Waals surface area contributed by atoms with Crippen molar-refractivity contribution in [1.29, 1.82) is 0 Å². The molecule has 0 unspecified atom stereocenters. The molecule has 2 aliphatic rings. The topological polar surface area (TPSA) is 69.7 Å². The van der Waals surface area contributed by atoms with Crippen LogP contribution < -0.4 is 4.72 Å². The van der Waals surface area contributed by atoms with E-state index < -0.39 is 10.0 Å². The van der Waals surface area contributed by atoms with Gasteiger partial charge in [0, 0.05) is 49.2 Å². The average molecular weight is 462 g/mol. The van der Waals surface area contributed by atoms with E-state index in [4.69, 9.17) is 23.2 Å². The number of amides is 1. The number of halogens is 2. The zero-order valence-electron chi connectivity index (χ0n) is 16.9. The van der Waals surface area contributed by atoms with E-state index in [0.29, 0.717) is 36.7 Å². The second-order valence-corrected chi connectivity index (χ2v) is 10.7. The molecule has 1 saturated heterocycles. The molecule has 1 heterocycles. The number of benzene rings is 1. The molecule has 1 aromatic rings. The van der Waals surface area contributed by atoms with E-state index in [-0.39, 0.29) is 27.8 Å². The highest BCUT2D eigenvalue weighted by Gasteiger charge is 2.33. The Hall–Kier alpha value is -0.860. The largest absolute Gasteiger partial charge is 0.340 e. The van der Waals surface area contributed by atoms with E-state index in [9.17, 15) is 13.2 Å². The van der Waals surface area contributed by atoms with Gasteiger partial charge in [-0.25, -0.2) is 13.1 Å². The summed E-state index contributed by atoms with van der Waals surface area (Å²) in [5.41, 5.74) is 0. The van der Waals surface area contributed by atoms with Gasteiger partial charge in [0.25, 0.3) is 0 Å². The summed E-state index contributed by atoms with van der Waals surface area (Å²) < 4.78 is 28.1. The third-order valence-corrected chi connectivity index (χ3v) is 8.18. The van der Waals surface area contributed by atoms with E-state index in [1.807, 2.05) is 4.90 Å². The van der Waals surface area contributed by atoms with Crippen molar-refractivity contribution in [2.75, 3.05) is 26.2 Å².